The number of para-hydroxylation sites is 1. The molecule has 0 saturated heterocycles. The fourth-order valence-electron chi connectivity index (χ4n) is 3.19. The number of H-pyrrole nitrogens is 1. The number of nitrogens with zero attached hydrogens (tertiary/aromatic N) is 1. The average Bonchev–Trinajstić information content (AvgIpc) is 3.13. The number of aromatic nitrogens is 1. The minimum atomic E-state index is -0.0626. The molecule has 1 aromatic carbocycles. The van der Waals surface area contributed by atoms with Gasteiger partial charge in [-0.25, -0.2) is 0 Å². The molecule has 0 saturated carbocycles. The molecule has 0 atom stereocenters. The number of amidine groups is 1. The van der Waals surface area contributed by atoms with E-state index < -0.39 is 0 Å². The van der Waals surface area contributed by atoms with Crippen molar-refractivity contribution in [2.75, 3.05) is 12.3 Å². The summed E-state index contributed by atoms with van der Waals surface area (Å²) in [7, 11) is 0. The molecule has 2 N–H and O–H groups in total. The number of rotatable bonds is 1. The molecule has 0 bridgehead atoms. The summed E-state index contributed by atoms with van der Waals surface area (Å²) in [5.74, 6) is 0.892. The molecule has 2 heterocycles. The number of nitrogens with one attached hydrogen (secondary N) is 2. The lowest BCUT2D eigenvalue weighted by molar-refractivity contribution is 0.0979. The van der Waals surface area contributed by atoms with Gasteiger partial charge < -0.3 is 10.3 Å². The zero-order valence-electron chi connectivity index (χ0n) is 11.7. The summed E-state index contributed by atoms with van der Waals surface area (Å²) in [6.45, 7) is 0.793. The smallest absolute Gasteiger partial charge is 0.259 e. The highest BCUT2D eigenvalue weighted by Crippen LogP contribution is 2.30. The summed E-state index contributed by atoms with van der Waals surface area (Å²) in [4.78, 5) is 20.3. The van der Waals surface area contributed by atoms with E-state index in [2.05, 4.69) is 21.4 Å². The molecular formula is C16H17N3OS. The number of carbonyl (C=O) groups excluding carboxylic acids is 1. The summed E-state index contributed by atoms with van der Waals surface area (Å²) in [5, 5.41) is 4.87. The van der Waals surface area contributed by atoms with Gasteiger partial charge in [0.15, 0.2) is 5.17 Å². The largest absolute Gasteiger partial charge is 0.358 e. The number of fused-ring (bicyclic) bond motifs is 3. The molecule has 1 aliphatic heterocycles. The van der Waals surface area contributed by atoms with Gasteiger partial charge in [-0.1, -0.05) is 23.9 Å². The van der Waals surface area contributed by atoms with Crippen molar-refractivity contribution in [1.82, 2.24) is 10.3 Å². The van der Waals surface area contributed by atoms with Crippen LogP contribution in [-0.4, -0.2) is 28.4 Å². The molecule has 5 heteroatoms. The van der Waals surface area contributed by atoms with Gasteiger partial charge in [-0.05, 0) is 37.3 Å². The molecule has 0 fully saturated rings. The number of aliphatic imine (C=N–C) groups is 1. The Labute approximate surface area is 127 Å². The van der Waals surface area contributed by atoms with E-state index >= 15 is 0 Å². The van der Waals surface area contributed by atoms with E-state index in [1.165, 1.54) is 29.5 Å². The van der Waals surface area contributed by atoms with Gasteiger partial charge in [-0.2, -0.15) is 0 Å². The van der Waals surface area contributed by atoms with Crippen LogP contribution >= 0.6 is 11.8 Å². The Kier molecular flexibility index (Phi) is 3.22. The third-order valence-electron chi connectivity index (χ3n) is 4.18. The lowest BCUT2D eigenvalue weighted by Gasteiger charge is -2.10. The number of aromatic amines is 1. The number of benzene rings is 1. The number of hydrogen-bond acceptors (Lipinski definition) is 3. The van der Waals surface area contributed by atoms with E-state index in [0.29, 0.717) is 0 Å². The van der Waals surface area contributed by atoms with Crippen molar-refractivity contribution in [2.24, 2.45) is 4.99 Å². The standard InChI is InChI=1S/C16H17N3OS/c20-15(19-16-17-8-9-21-16)12-6-3-5-11-10-4-1-2-7-13(10)18-14(11)12/h3,5-6,18H,1-2,4,7-9H2,(H,17,19,20). The Hall–Kier alpha value is -1.75. The van der Waals surface area contributed by atoms with E-state index in [4.69, 9.17) is 0 Å². The number of aryl methyl sites for hydroxylation is 2. The maximum atomic E-state index is 12.5. The van der Waals surface area contributed by atoms with Gasteiger partial charge in [-0.15, -0.1) is 0 Å². The SMILES string of the molecule is O=C(NC1=NCCS1)c1cccc2c3c([nH]c12)CCCC3. The summed E-state index contributed by atoms with van der Waals surface area (Å²) < 4.78 is 0. The summed E-state index contributed by atoms with van der Waals surface area (Å²) >= 11 is 1.61. The Morgan fingerprint density at radius 3 is 3.05 bits per heavy atom. The van der Waals surface area contributed by atoms with Gasteiger partial charge in [0.05, 0.1) is 17.6 Å². The van der Waals surface area contributed by atoms with Crippen molar-refractivity contribution in [1.29, 1.82) is 0 Å². The third-order valence-corrected chi connectivity index (χ3v) is 5.08. The topological polar surface area (TPSA) is 57.2 Å². The average molecular weight is 299 g/mol. The second kappa shape index (κ2) is 5.22. The van der Waals surface area contributed by atoms with Crippen LogP contribution < -0.4 is 5.32 Å². The first-order chi connectivity index (χ1) is 10.3. The molecule has 0 radical (unpaired) electrons. The number of hydrogen-bond donors (Lipinski definition) is 2. The van der Waals surface area contributed by atoms with E-state index in [1.807, 2.05) is 12.1 Å². The number of thioether (sulfide) groups is 1. The Bertz CT molecular complexity index is 747. The van der Waals surface area contributed by atoms with Crippen molar-refractivity contribution in [3.05, 3.63) is 35.0 Å². The van der Waals surface area contributed by atoms with Crippen LogP contribution in [-0.2, 0) is 12.8 Å². The fraction of sp³-hybridized carbons (Fsp3) is 0.375. The first-order valence-corrected chi connectivity index (χ1v) is 8.42. The minimum Gasteiger partial charge on any atom is -0.358 e. The molecule has 2 aromatic rings. The molecule has 2 aliphatic rings. The van der Waals surface area contributed by atoms with Crippen LogP contribution in [0.15, 0.2) is 23.2 Å². The Morgan fingerprint density at radius 1 is 1.29 bits per heavy atom. The quantitative estimate of drug-likeness (QED) is 0.850. The second-order valence-electron chi connectivity index (χ2n) is 5.51. The van der Waals surface area contributed by atoms with Crippen molar-refractivity contribution in [3.63, 3.8) is 0 Å². The van der Waals surface area contributed by atoms with Crippen molar-refractivity contribution in [2.45, 2.75) is 25.7 Å². The third kappa shape index (κ3) is 2.25. The van der Waals surface area contributed by atoms with Crippen LogP contribution in [0.1, 0.15) is 34.5 Å². The van der Waals surface area contributed by atoms with Gasteiger partial charge in [0.2, 0.25) is 0 Å². The molecule has 1 amide bonds. The molecule has 0 spiro atoms. The van der Waals surface area contributed by atoms with Crippen molar-refractivity contribution >= 4 is 33.7 Å². The predicted molar refractivity (Wildman–Crippen MR) is 87.2 cm³/mol. The molecule has 21 heavy (non-hydrogen) atoms. The lowest BCUT2D eigenvalue weighted by atomic mass is 9.95. The summed E-state index contributed by atoms with van der Waals surface area (Å²) in [6.07, 6.45) is 4.68. The zero-order chi connectivity index (χ0) is 14.2. The van der Waals surface area contributed by atoms with Crippen LogP contribution in [0.2, 0.25) is 0 Å². The minimum absolute atomic E-state index is 0.0626. The van der Waals surface area contributed by atoms with Crippen LogP contribution in [0.4, 0.5) is 0 Å². The predicted octanol–water partition coefficient (Wildman–Crippen LogP) is 2.88. The van der Waals surface area contributed by atoms with Gasteiger partial charge in [-0.3, -0.25) is 9.79 Å². The highest BCUT2D eigenvalue weighted by atomic mass is 32.2. The van der Waals surface area contributed by atoms with E-state index in [9.17, 15) is 4.79 Å². The second-order valence-corrected chi connectivity index (χ2v) is 6.59. The fourth-order valence-corrected chi connectivity index (χ4v) is 3.92. The number of carbonyl (C=O) groups is 1. The van der Waals surface area contributed by atoms with Crippen LogP contribution in [0.3, 0.4) is 0 Å². The molecule has 1 aliphatic carbocycles. The Morgan fingerprint density at radius 2 is 2.19 bits per heavy atom. The lowest BCUT2D eigenvalue weighted by Crippen LogP contribution is -2.27. The first kappa shape index (κ1) is 13.0. The molecule has 4 rings (SSSR count). The summed E-state index contributed by atoms with van der Waals surface area (Å²) in [5.41, 5.74) is 4.41. The van der Waals surface area contributed by atoms with Crippen molar-refractivity contribution < 1.29 is 4.79 Å². The molecular weight excluding hydrogens is 282 g/mol. The van der Waals surface area contributed by atoms with Crippen LogP contribution in [0.5, 0.6) is 0 Å². The number of amides is 1. The van der Waals surface area contributed by atoms with Gasteiger partial charge >= 0.3 is 0 Å². The monoisotopic (exact) mass is 299 g/mol. The van der Waals surface area contributed by atoms with E-state index in [-0.39, 0.29) is 5.91 Å². The molecule has 1 aromatic heterocycles. The van der Waals surface area contributed by atoms with Crippen LogP contribution in [0, 0.1) is 0 Å². The first-order valence-electron chi connectivity index (χ1n) is 7.44. The van der Waals surface area contributed by atoms with E-state index in [1.54, 1.807) is 11.8 Å². The van der Waals surface area contributed by atoms with Crippen molar-refractivity contribution in [3.8, 4) is 0 Å². The van der Waals surface area contributed by atoms with Gasteiger partial charge in [0.1, 0.15) is 0 Å². The molecule has 4 nitrogen and oxygen atoms in total. The summed E-state index contributed by atoms with van der Waals surface area (Å²) in [6, 6.07) is 5.98. The Balaban J connectivity index is 1.74. The maximum absolute atomic E-state index is 12.5. The molecule has 0 unspecified atom stereocenters. The van der Waals surface area contributed by atoms with Gasteiger partial charge in [0.25, 0.3) is 5.91 Å². The van der Waals surface area contributed by atoms with Crippen LogP contribution in [0.25, 0.3) is 10.9 Å². The molecule has 108 valence electrons. The zero-order valence-corrected chi connectivity index (χ0v) is 12.6. The van der Waals surface area contributed by atoms with Gasteiger partial charge in [0, 0.05) is 16.8 Å². The van der Waals surface area contributed by atoms with E-state index in [0.717, 1.165) is 41.4 Å². The normalized spacial score (nSPS) is 17.6. The highest BCUT2D eigenvalue weighted by molar-refractivity contribution is 8.14. The maximum Gasteiger partial charge on any atom is 0.259 e. The highest BCUT2D eigenvalue weighted by Gasteiger charge is 2.20.